The summed E-state index contributed by atoms with van der Waals surface area (Å²) in [5.74, 6) is -1.50. The largest absolute Gasteiger partial charge is 0.415 e. The van der Waals surface area contributed by atoms with Crippen LogP contribution in [0, 0.1) is 5.82 Å². The zero-order valence-corrected chi connectivity index (χ0v) is 20.7. The van der Waals surface area contributed by atoms with E-state index >= 15 is 0 Å². The normalized spacial score (nSPS) is 15.2. The second-order valence-electron chi connectivity index (χ2n) is 9.52. The fraction of sp³-hybridized carbons (Fsp3) is 0.385. The molecule has 8 nitrogen and oxygen atoms in total. The summed E-state index contributed by atoms with van der Waals surface area (Å²) in [4.78, 5) is 4.80. The quantitative estimate of drug-likeness (QED) is 0.341. The van der Waals surface area contributed by atoms with E-state index in [1.807, 2.05) is 12.1 Å². The van der Waals surface area contributed by atoms with Crippen LogP contribution < -0.4 is 0 Å². The first kappa shape index (κ1) is 25.1. The molecule has 1 aliphatic heterocycles. The van der Waals surface area contributed by atoms with Gasteiger partial charge in [0.25, 0.3) is 5.89 Å². The lowest BCUT2D eigenvalue weighted by Gasteiger charge is -2.35. The van der Waals surface area contributed by atoms with Crippen molar-refractivity contribution in [2.75, 3.05) is 27.2 Å². The number of benzene rings is 2. The van der Waals surface area contributed by atoms with Crippen molar-refractivity contribution < 1.29 is 17.6 Å². The molecule has 1 aliphatic rings. The maximum absolute atomic E-state index is 14.7. The zero-order valence-electron chi connectivity index (χ0n) is 20.7. The highest BCUT2D eigenvalue weighted by Gasteiger charge is 2.21. The molecule has 2 aromatic carbocycles. The Bertz CT molecular complexity index is 1330. The number of piperidine rings is 1. The molecule has 5 rings (SSSR count). The Morgan fingerprint density at radius 1 is 0.973 bits per heavy atom. The number of alkyl halides is 2. The van der Waals surface area contributed by atoms with Gasteiger partial charge in [0.2, 0.25) is 5.89 Å². The van der Waals surface area contributed by atoms with Crippen LogP contribution in [0.2, 0.25) is 0 Å². The molecule has 0 amide bonds. The number of rotatable bonds is 8. The Kier molecular flexibility index (Phi) is 7.33. The van der Waals surface area contributed by atoms with Crippen LogP contribution >= 0.6 is 0 Å². The molecule has 4 aromatic rings. The molecule has 1 saturated heterocycles. The summed E-state index contributed by atoms with van der Waals surface area (Å²) in [6, 6.07) is 13.2. The van der Waals surface area contributed by atoms with Gasteiger partial charge in [-0.15, -0.1) is 15.3 Å². The Labute approximate surface area is 212 Å². The van der Waals surface area contributed by atoms with Crippen LogP contribution in [0.15, 0.2) is 53.1 Å². The first-order valence-electron chi connectivity index (χ1n) is 12.1. The van der Waals surface area contributed by atoms with Crippen LogP contribution in [0.5, 0.6) is 0 Å². The van der Waals surface area contributed by atoms with E-state index in [-0.39, 0.29) is 18.0 Å². The van der Waals surface area contributed by atoms with Gasteiger partial charge in [-0.05, 0) is 57.7 Å². The molecule has 0 bridgehead atoms. The lowest BCUT2D eigenvalue weighted by atomic mass is 10.0. The van der Waals surface area contributed by atoms with Gasteiger partial charge < -0.3 is 9.32 Å². The van der Waals surface area contributed by atoms with Crippen molar-refractivity contribution in [3.8, 4) is 22.7 Å². The van der Waals surface area contributed by atoms with Crippen LogP contribution in [0.1, 0.15) is 36.3 Å². The van der Waals surface area contributed by atoms with Crippen molar-refractivity contribution >= 4 is 0 Å². The monoisotopic (exact) mass is 511 g/mol. The van der Waals surface area contributed by atoms with Gasteiger partial charge in [0.15, 0.2) is 0 Å². The first-order valence-corrected chi connectivity index (χ1v) is 12.1. The van der Waals surface area contributed by atoms with Gasteiger partial charge in [0.1, 0.15) is 11.5 Å². The summed E-state index contributed by atoms with van der Waals surface area (Å²) in [6.45, 7) is 3.28. The van der Waals surface area contributed by atoms with Crippen LogP contribution in [0.25, 0.3) is 22.7 Å². The molecule has 0 aliphatic carbocycles. The standard InChI is InChI=1S/C26H28F3N7O/c1-34(2)21-9-11-35(12-10-21)14-17-3-5-18(6-4-17)23-16-36(33-30-23)15-20-8-7-19(13-22(20)27)25-31-32-26(37-25)24(28)29/h3-8,13,16,21,24H,9-12,14-15H2,1-2H3. The summed E-state index contributed by atoms with van der Waals surface area (Å²) < 4.78 is 46.5. The number of halogens is 3. The molecule has 11 heteroatoms. The van der Waals surface area contributed by atoms with Crippen LogP contribution in [-0.2, 0) is 13.1 Å². The highest BCUT2D eigenvalue weighted by molar-refractivity contribution is 5.58. The molecule has 0 atom stereocenters. The van der Waals surface area contributed by atoms with Crippen molar-refractivity contribution in [2.24, 2.45) is 0 Å². The fourth-order valence-electron chi connectivity index (χ4n) is 4.56. The first-order chi connectivity index (χ1) is 17.9. The number of hydrogen-bond acceptors (Lipinski definition) is 7. The molecule has 3 heterocycles. The minimum Gasteiger partial charge on any atom is -0.415 e. The predicted octanol–water partition coefficient (Wildman–Crippen LogP) is 4.65. The summed E-state index contributed by atoms with van der Waals surface area (Å²) in [6.07, 6.45) is 1.26. The van der Waals surface area contributed by atoms with E-state index in [0.717, 1.165) is 25.2 Å². The van der Waals surface area contributed by atoms with Crippen LogP contribution in [-0.4, -0.2) is 68.2 Å². The van der Waals surface area contributed by atoms with Crippen LogP contribution in [0.3, 0.4) is 0 Å². The van der Waals surface area contributed by atoms with E-state index in [2.05, 4.69) is 56.5 Å². The highest BCUT2D eigenvalue weighted by atomic mass is 19.3. The summed E-state index contributed by atoms with van der Waals surface area (Å²) >= 11 is 0. The smallest absolute Gasteiger partial charge is 0.314 e. The second kappa shape index (κ2) is 10.8. The van der Waals surface area contributed by atoms with E-state index < -0.39 is 18.1 Å². The third-order valence-corrected chi connectivity index (χ3v) is 6.74. The molecule has 194 valence electrons. The Morgan fingerprint density at radius 3 is 2.35 bits per heavy atom. The molecule has 0 unspecified atom stereocenters. The van der Waals surface area contributed by atoms with Gasteiger partial charge >= 0.3 is 6.43 Å². The number of aromatic nitrogens is 5. The lowest BCUT2D eigenvalue weighted by Crippen LogP contribution is -2.41. The highest BCUT2D eigenvalue weighted by Crippen LogP contribution is 2.25. The van der Waals surface area contributed by atoms with Gasteiger partial charge in [-0.3, -0.25) is 4.90 Å². The van der Waals surface area contributed by atoms with Crippen molar-refractivity contribution in [1.82, 2.24) is 35.0 Å². The van der Waals surface area contributed by atoms with Gasteiger partial charge in [-0.1, -0.05) is 35.5 Å². The molecular weight excluding hydrogens is 483 g/mol. The number of hydrogen-bond donors (Lipinski definition) is 0. The topological polar surface area (TPSA) is 76.1 Å². The molecule has 1 fully saturated rings. The molecule has 0 spiro atoms. The fourth-order valence-corrected chi connectivity index (χ4v) is 4.56. The van der Waals surface area contributed by atoms with Crippen molar-refractivity contribution in [1.29, 1.82) is 0 Å². The predicted molar refractivity (Wildman–Crippen MR) is 131 cm³/mol. The van der Waals surface area contributed by atoms with Gasteiger partial charge in [0.05, 0.1) is 12.7 Å². The summed E-state index contributed by atoms with van der Waals surface area (Å²) in [5.41, 5.74) is 3.47. The number of likely N-dealkylation sites (tertiary alicyclic amines) is 1. The van der Waals surface area contributed by atoms with E-state index in [4.69, 9.17) is 4.42 Å². The van der Waals surface area contributed by atoms with Crippen molar-refractivity contribution in [3.05, 3.63) is 71.5 Å². The maximum Gasteiger partial charge on any atom is 0.314 e. The minimum atomic E-state index is -2.88. The van der Waals surface area contributed by atoms with E-state index in [9.17, 15) is 13.2 Å². The molecule has 0 radical (unpaired) electrons. The third kappa shape index (κ3) is 5.89. The number of nitrogens with zero attached hydrogens (tertiary/aromatic N) is 7. The van der Waals surface area contributed by atoms with Crippen molar-refractivity contribution in [3.63, 3.8) is 0 Å². The van der Waals surface area contributed by atoms with Crippen molar-refractivity contribution in [2.45, 2.75) is 38.4 Å². The average molecular weight is 512 g/mol. The average Bonchev–Trinajstić information content (AvgIpc) is 3.57. The SMILES string of the molecule is CN(C)C1CCN(Cc2ccc(-c3cn(Cc4ccc(-c5nnc(C(F)F)o5)cc4F)nn3)cc2)CC1. The molecule has 0 saturated carbocycles. The van der Waals surface area contributed by atoms with E-state index in [1.54, 1.807) is 16.9 Å². The second-order valence-corrected chi connectivity index (χ2v) is 9.52. The van der Waals surface area contributed by atoms with E-state index in [0.29, 0.717) is 17.3 Å². The summed E-state index contributed by atoms with van der Waals surface area (Å²) in [7, 11) is 4.29. The summed E-state index contributed by atoms with van der Waals surface area (Å²) in [5, 5.41) is 15.2. The lowest BCUT2D eigenvalue weighted by molar-refractivity contribution is 0.116. The zero-order chi connectivity index (χ0) is 25.9. The van der Waals surface area contributed by atoms with Gasteiger partial charge in [-0.25, -0.2) is 9.07 Å². The van der Waals surface area contributed by atoms with Crippen LogP contribution in [0.4, 0.5) is 13.2 Å². The third-order valence-electron chi connectivity index (χ3n) is 6.74. The minimum absolute atomic E-state index is 0.159. The van der Waals surface area contributed by atoms with Gasteiger partial charge in [-0.2, -0.15) is 8.78 Å². The van der Waals surface area contributed by atoms with Gasteiger partial charge in [0, 0.05) is 29.3 Å². The molecule has 0 N–H and O–H groups in total. The molecular formula is C26H28F3N7O. The Balaban J connectivity index is 1.20. The molecule has 2 aromatic heterocycles. The Hall–Kier alpha value is -3.57. The maximum atomic E-state index is 14.7. The molecule has 37 heavy (non-hydrogen) atoms. The van der Waals surface area contributed by atoms with E-state index in [1.165, 1.54) is 30.5 Å². The Morgan fingerprint density at radius 2 is 1.70 bits per heavy atom.